The zero-order valence-electron chi connectivity index (χ0n) is 16.0. The lowest BCUT2D eigenvalue weighted by molar-refractivity contribution is -0.127. The Morgan fingerprint density at radius 3 is 2.81 bits per heavy atom. The van der Waals surface area contributed by atoms with Crippen molar-refractivity contribution >= 4 is 47.2 Å². The van der Waals surface area contributed by atoms with Crippen molar-refractivity contribution in [3.8, 4) is 0 Å². The van der Waals surface area contributed by atoms with Gasteiger partial charge in [0.25, 0.3) is 0 Å². The van der Waals surface area contributed by atoms with Crippen molar-refractivity contribution in [3.63, 3.8) is 0 Å². The summed E-state index contributed by atoms with van der Waals surface area (Å²) in [6.45, 7) is 5.45. The van der Waals surface area contributed by atoms with Gasteiger partial charge in [0, 0.05) is 64.3 Å². The summed E-state index contributed by atoms with van der Waals surface area (Å²) < 4.78 is 5.43. The number of rotatable bonds is 7. The average molecular weight is 495 g/mol. The Morgan fingerprint density at radius 2 is 2.23 bits per heavy atom. The molecule has 2 heterocycles. The third kappa shape index (κ3) is 7.75. The molecular weight excluding hydrogens is 465 g/mol. The summed E-state index contributed by atoms with van der Waals surface area (Å²) in [6.07, 6.45) is 3.84. The first kappa shape index (κ1) is 23.1. The largest absolute Gasteiger partial charge is 0.381 e. The number of aliphatic imine (C=N–C) groups is 1. The molecule has 0 aliphatic carbocycles. The van der Waals surface area contributed by atoms with Crippen LogP contribution in [0.15, 0.2) is 11.2 Å². The van der Waals surface area contributed by atoms with Crippen LogP contribution in [-0.4, -0.2) is 80.6 Å². The maximum absolute atomic E-state index is 11.9. The predicted octanol–water partition coefficient (Wildman–Crippen LogP) is 1.61. The Hall–Kier alpha value is -0.940. The maximum atomic E-state index is 11.9. The van der Waals surface area contributed by atoms with Crippen LogP contribution in [-0.2, 0) is 16.0 Å². The summed E-state index contributed by atoms with van der Waals surface area (Å²) in [5.74, 6) is 1.26. The topological polar surface area (TPSA) is 70.1 Å². The number of hydrogen-bond donors (Lipinski definition) is 1. The Kier molecular flexibility index (Phi) is 10.4. The fourth-order valence-electron chi connectivity index (χ4n) is 2.46. The van der Waals surface area contributed by atoms with E-state index in [1.165, 1.54) is 4.88 Å². The van der Waals surface area contributed by atoms with Crippen LogP contribution >= 0.6 is 35.3 Å². The van der Waals surface area contributed by atoms with Gasteiger partial charge in [-0.3, -0.25) is 4.79 Å². The van der Waals surface area contributed by atoms with Crippen molar-refractivity contribution in [2.75, 3.05) is 54.0 Å². The Morgan fingerprint density at radius 1 is 1.46 bits per heavy atom. The lowest BCUT2D eigenvalue weighted by Gasteiger charge is -2.23. The van der Waals surface area contributed by atoms with Gasteiger partial charge >= 0.3 is 0 Å². The van der Waals surface area contributed by atoms with Crippen molar-refractivity contribution in [3.05, 3.63) is 16.1 Å². The van der Waals surface area contributed by atoms with Crippen molar-refractivity contribution < 1.29 is 9.53 Å². The lowest BCUT2D eigenvalue weighted by atomic mass is 10.1. The van der Waals surface area contributed by atoms with Gasteiger partial charge in [-0.05, 0) is 13.3 Å². The third-order valence-corrected chi connectivity index (χ3v) is 5.10. The van der Waals surface area contributed by atoms with Crippen molar-refractivity contribution in [2.45, 2.75) is 19.8 Å². The van der Waals surface area contributed by atoms with Gasteiger partial charge < -0.3 is 19.9 Å². The van der Waals surface area contributed by atoms with E-state index in [0.29, 0.717) is 5.92 Å². The molecule has 1 saturated heterocycles. The summed E-state index contributed by atoms with van der Waals surface area (Å²) in [5.41, 5.74) is 0. The molecule has 1 aliphatic heterocycles. The van der Waals surface area contributed by atoms with Gasteiger partial charge in [-0.15, -0.1) is 35.3 Å². The normalized spacial score (nSPS) is 16.9. The van der Waals surface area contributed by atoms with Gasteiger partial charge in [0.1, 0.15) is 6.54 Å². The molecule has 1 aromatic heterocycles. The second-order valence-corrected chi connectivity index (χ2v) is 7.89. The molecule has 1 unspecified atom stereocenters. The number of likely N-dealkylation sites (N-methyl/N-ethyl adjacent to an activating group) is 2. The monoisotopic (exact) mass is 495 g/mol. The highest BCUT2D eigenvalue weighted by Crippen LogP contribution is 2.12. The van der Waals surface area contributed by atoms with E-state index in [2.05, 4.69) is 27.1 Å². The molecule has 7 nitrogen and oxygen atoms in total. The predicted molar refractivity (Wildman–Crippen MR) is 117 cm³/mol. The standard InChI is InChI=1S/C17H29N5O2S.HI/c1-13-9-18-15(25-13)5-7-22(4)17(20-11-16(23)21(2)3)19-10-14-6-8-24-12-14;/h9,14H,5-8,10-12H2,1-4H3,(H,19,20);1H. The molecule has 0 bridgehead atoms. The minimum Gasteiger partial charge on any atom is -0.381 e. The fourth-order valence-corrected chi connectivity index (χ4v) is 3.24. The van der Waals surface area contributed by atoms with E-state index >= 15 is 0 Å². The molecule has 0 spiro atoms. The SMILES string of the molecule is Cc1cnc(CCN(C)C(=NCC(=O)N(C)C)NCC2CCOC2)s1.I. The molecule has 1 N–H and O–H groups in total. The lowest BCUT2D eigenvalue weighted by Crippen LogP contribution is -2.42. The maximum Gasteiger partial charge on any atom is 0.243 e. The molecule has 9 heteroatoms. The summed E-state index contributed by atoms with van der Waals surface area (Å²) in [6, 6.07) is 0. The van der Waals surface area contributed by atoms with E-state index in [1.807, 2.05) is 13.2 Å². The van der Waals surface area contributed by atoms with Crippen LogP contribution in [0.1, 0.15) is 16.3 Å². The van der Waals surface area contributed by atoms with Crippen LogP contribution < -0.4 is 5.32 Å². The molecule has 2 rings (SSSR count). The molecule has 26 heavy (non-hydrogen) atoms. The zero-order chi connectivity index (χ0) is 18.2. The molecule has 1 atom stereocenters. The Bertz CT molecular complexity index is 587. The highest BCUT2D eigenvalue weighted by atomic mass is 127. The molecule has 1 aromatic rings. The first-order valence-corrected chi connectivity index (χ1v) is 9.46. The van der Waals surface area contributed by atoms with Gasteiger partial charge in [0.2, 0.25) is 5.91 Å². The minimum absolute atomic E-state index is 0. The van der Waals surface area contributed by atoms with Crippen molar-refractivity contribution in [2.24, 2.45) is 10.9 Å². The van der Waals surface area contributed by atoms with Crippen molar-refractivity contribution in [1.82, 2.24) is 20.1 Å². The summed E-state index contributed by atoms with van der Waals surface area (Å²) in [4.78, 5) is 25.6. The van der Waals surface area contributed by atoms with Crippen LogP contribution in [0.2, 0.25) is 0 Å². The summed E-state index contributed by atoms with van der Waals surface area (Å²) in [5, 5.41) is 4.53. The number of nitrogens with zero attached hydrogens (tertiary/aromatic N) is 4. The van der Waals surface area contributed by atoms with E-state index in [1.54, 1.807) is 30.3 Å². The highest BCUT2D eigenvalue weighted by molar-refractivity contribution is 14.0. The second-order valence-electron chi connectivity index (χ2n) is 6.57. The molecule has 148 valence electrons. The van der Waals surface area contributed by atoms with Gasteiger partial charge in [-0.2, -0.15) is 0 Å². The number of aromatic nitrogens is 1. The van der Waals surface area contributed by atoms with Crippen LogP contribution in [0.5, 0.6) is 0 Å². The number of nitrogens with one attached hydrogen (secondary N) is 1. The third-order valence-electron chi connectivity index (χ3n) is 4.13. The number of carbonyl (C=O) groups excluding carboxylic acids is 1. The van der Waals surface area contributed by atoms with Gasteiger partial charge in [-0.25, -0.2) is 9.98 Å². The zero-order valence-corrected chi connectivity index (χ0v) is 19.2. The first-order chi connectivity index (χ1) is 12.0. The number of thiazole rings is 1. The molecule has 1 fully saturated rings. The molecule has 1 aliphatic rings. The Labute approximate surface area is 177 Å². The van der Waals surface area contributed by atoms with E-state index in [0.717, 1.165) is 50.1 Å². The minimum atomic E-state index is -0.00699. The molecular formula is C17H30IN5O2S. The van der Waals surface area contributed by atoms with E-state index in [4.69, 9.17) is 4.74 Å². The Balaban J connectivity index is 0.00000338. The number of hydrogen-bond acceptors (Lipinski definition) is 5. The van der Waals surface area contributed by atoms with Crippen LogP contribution in [0.3, 0.4) is 0 Å². The van der Waals surface area contributed by atoms with Crippen LogP contribution in [0.4, 0.5) is 0 Å². The quantitative estimate of drug-likeness (QED) is 0.354. The molecule has 0 radical (unpaired) electrons. The highest BCUT2D eigenvalue weighted by Gasteiger charge is 2.17. The van der Waals surface area contributed by atoms with E-state index in [9.17, 15) is 4.79 Å². The summed E-state index contributed by atoms with van der Waals surface area (Å²) >= 11 is 1.72. The van der Waals surface area contributed by atoms with Gasteiger partial charge in [-0.1, -0.05) is 0 Å². The number of amides is 1. The number of carbonyl (C=O) groups is 1. The fraction of sp³-hybridized carbons (Fsp3) is 0.706. The van der Waals surface area contributed by atoms with E-state index < -0.39 is 0 Å². The summed E-state index contributed by atoms with van der Waals surface area (Å²) in [7, 11) is 5.49. The molecule has 0 aromatic carbocycles. The number of ether oxygens (including phenoxy) is 1. The number of guanidine groups is 1. The number of halogens is 1. The smallest absolute Gasteiger partial charge is 0.243 e. The van der Waals surface area contributed by atoms with Gasteiger partial charge in [0.15, 0.2) is 5.96 Å². The van der Waals surface area contributed by atoms with E-state index in [-0.39, 0.29) is 36.4 Å². The van der Waals surface area contributed by atoms with Crippen LogP contribution in [0, 0.1) is 12.8 Å². The average Bonchev–Trinajstić information content (AvgIpc) is 3.23. The van der Waals surface area contributed by atoms with Gasteiger partial charge in [0.05, 0.1) is 11.6 Å². The molecule has 1 amide bonds. The second kappa shape index (κ2) is 11.7. The number of aryl methyl sites for hydroxylation is 1. The van der Waals surface area contributed by atoms with Crippen LogP contribution in [0.25, 0.3) is 0 Å². The first-order valence-electron chi connectivity index (χ1n) is 8.64. The molecule has 0 saturated carbocycles. The van der Waals surface area contributed by atoms with Crippen molar-refractivity contribution in [1.29, 1.82) is 0 Å².